The molecule has 2 N–H and O–H groups in total. The van der Waals surface area contributed by atoms with E-state index in [1.54, 1.807) is 43.3 Å². The Labute approximate surface area is 204 Å². The van der Waals surface area contributed by atoms with Gasteiger partial charge in [-0.15, -0.1) is 0 Å². The van der Waals surface area contributed by atoms with E-state index in [9.17, 15) is 14.7 Å². The summed E-state index contributed by atoms with van der Waals surface area (Å²) in [6.07, 6.45) is 3.37. The number of anilines is 1. The third-order valence-corrected chi connectivity index (χ3v) is 5.97. The van der Waals surface area contributed by atoms with Crippen LogP contribution in [-0.2, 0) is 14.3 Å². The standard InChI is InChI=1S/C24H17ClN4O6/c1-13(16-4-2-3-5-17(16)25)34-23(32)28-18-10-26-35-19(18)7-6-15-8-14-9-20(29-21(14)27-15)24(22(30)31)11-33-12-24/h2-5,8-10,13H,11-12H2,1H3,(H,28,32)(H,30,31). The first kappa shape index (κ1) is 22.6. The molecule has 1 fully saturated rings. The van der Waals surface area contributed by atoms with Crippen molar-refractivity contribution < 1.29 is 28.7 Å². The fourth-order valence-corrected chi connectivity index (χ4v) is 3.91. The molecule has 2 aromatic rings. The van der Waals surface area contributed by atoms with Crippen LogP contribution in [-0.4, -0.2) is 47.1 Å². The van der Waals surface area contributed by atoms with Crippen LogP contribution in [0, 0.1) is 17.3 Å². The molecule has 1 unspecified atom stereocenters. The van der Waals surface area contributed by atoms with Gasteiger partial charge in [-0.1, -0.05) is 35.0 Å². The molecule has 0 spiro atoms. The molecule has 0 radical (unpaired) electrons. The quantitative estimate of drug-likeness (QED) is 0.606. The monoisotopic (exact) mass is 492 g/mol. The number of ether oxygens (including phenoxy) is 2. The number of carboxylic acid groups (broad SMARTS) is 1. The van der Waals surface area contributed by atoms with Crippen molar-refractivity contribution in [2.45, 2.75) is 13.0 Å². The second kappa shape index (κ2) is 8.87. The Morgan fingerprint density at radius 2 is 2.03 bits per heavy atom. The molecule has 0 aliphatic carbocycles. The molecule has 0 saturated carbocycles. The zero-order valence-electron chi connectivity index (χ0n) is 18.2. The first-order chi connectivity index (χ1) is 16.9. The van der Waals surface area contributed by atoms with Gasteiger partial charge in [0.25, 0.3) is 0 Å². The summed E-state index contributed by atoms with van der Waals surface area (Å²) >= 11 is 6.15. The minimum absolute atomic E-state index is 0.0788. The zero-order chi connectivity index (χ0) is 24.6. The van der Waals surface area contributed by atoms with Gasteiger partial charge in [0.15, 0.2) is 11.3 Å². The number of fused-ring (bicyclic) bond motifs is 1. The smallest absolute Gasteiger partial charge is 0.412 e. The van der Waals surface area contributed by atoms with E-state index in [0.29, 0.717) is 33.4 Å². The summed E-state index contributed by atoms with van der Waals surface area (Å²) < 4.78 is 15.6. The van der Waals surface area contributed by atoms with Crippen LogP contribution in [0.15, 0.2) is 68.4 Å². The number of amidine groups is 1. The first-order valence-corrected chi connectivity index (χ1v) is 10.8. The van der Waals surface area contributed by atoms with Crippen LogP contribution >= 0.6 is 11.6 Å². The highest BCUT2D eigenvalue weighted by Crippen LogP contribution is 2.41. The van der Waals surface area contributed by atoms with Crippen molar-refractivity contribution in [1.82, 2.24) is 5.16 Å². The fraction of sp³-hybridized carbons (Fsp3) is 0.208. The summed E-state index contributed by atoms with van der Waals surface area (Å²) in [7, 11) is 0. The number of benzene rings is 1. The molecule has 35 heavy (non-hydrogen) atoms. The Balaban J connectivity index is 1.24. The van der Waals surface area contributed by atoms with E-state index in [4.69, 9.17) is 25.6 Å². The minimum Gasteiger partial charge on any atom is -0.480 e. The van der Waals surface area contributed by atoms with Gasteiger partial charge in [-0.05, 0) is 37.0 Å². The van der Waals surface area contributed by atoms with Crippen LogP contribution in [0.5, 0.6) is 0 Å². The first-order valence-electron chi connectivity index (χ1n) is 10.5. The van der Waals surface area contributed by atoms with Crippen molar-refractivity contribution in [3.63, 3.8) is 0 Å². The highest BCUT2D eigenvalue weighted by Gasteiger charge is 2.51. The second-order valence-corrected chi connectivity index (χ2v) is 8.36. The molecule has 1 amide bonds. The molecular formula is C24H17ClN4O6. The number of aliphatic carboxylic acids is 1. The number of carbonyl (C=O) groups excluding carboxylic acids is 1. The van der Waals surface area contributed by atoms with Crippen molar-refractivity contribution in [2.75, 3.05) is 18.5 Å². The minimum atomic E-state index is -1.13. The van der Waals surface area contributed by atoms with Crippen LogP contribution in [0.4, 0.5) is 10.5 Å². The fourth-order valence-electron chi connectivity index (χ4n) is 3.62. The van der Waals surface area contributed by atoms with Crippen molar-refractivity contribution in [3.05, 3.63) is 70.2 Å². The highest BCUT2D eigenvalue weighted by atomic mass is 35.5. The normalized spacial score (nSPS) is 18.0. The number of amides is 1. The number of aliphatic imine (C=N–C) groups is 2. The number of rotatable bonds is 5. The van der Waals surface area contributed by atoms with Gasteiger partial charge in [-0.2, -0.15) is 0 Å². The van der Waals surface area contributed by atoms with Crippen molar-refractivity contribution in [3.8, 4) is 11.8 Å². The lowest BCUT2D eigenvalue weighted by Crippen LogP contribution is -2.49. The van der Waals surface area contributed by atoms with Crippen LogP contribution in [0.25, 0.3) is 0 Å². The third-order valence-electron chi connectivity index (χ3n) is 5.63. The van der Waals surface area contributed by atoms with E-state index in [1.807, 2.05) is 0 Å². The number of carbonyl (C=O) groups is 2. The lowest BCUT2D eigenvalue weighted by molar-refractivity contribution is -0.171. The number of nitrogens with one attached hydrogen (secondary N) is 1. The van der Waals surface area contributed by atoms with Gasteiger partial charge in [0.05, 0.1) is 25.1 Å². The summed E-state index contributed by atoms with van der Waals surface area (Å²) in [5.74, 6) is 5.13. The largest absolute Gasteiger partial charge is 0.480 e. The predicted molar refractivity (Wildman–Crippen MR) is 125 cm³/mol. The van der Waals surface area contributed by atoms with Gasteiger partial charge in [0, 0.05) is 16.2 Å². The van der Waals surface area contributed by atoms with E-state index in [2.05, 4.69) is 32.3 Å². The van der Waals surface area contributed by atoms with Crippen molar-refractivity contribution in [2.24, 2.45) is 15.4 Å². The van der Waals surface area contributed by atoms with E-state index in [0.717, 1.165) is 0 Å². The maximum Gasteiger partial charge on any atom is 0.412 e. The predicted octanol–water partition coefficient (Wildman–Crippen LogP) is 3.77. The maximum absolute atomic E-state index is 12.3. The van der Waals surface area contributed by atoms with E-state index in [-0.39, 0.29) is 24.7 Å². The van der Waals surface area contributed by atoms with Crippen LogP contribution in [0.1, 0.15) is 24.4 Å². The summed E-state index contributed by atoms with van der Waals surface area (Å²) in [5.41, 5.74) is 1.27. The average molecular weight is 493 g/mol. The van der Waals surface area contributed by atoms with E-state index < -0.39 is 23.6 Å². The summed E-state index contributed by atoms with van der Waals surface area (Å²) in [5, 5.41) is 16.2. The number of nitrogens with zero attached hydrogens (tertiary/aromatic N) is 3. The van der Waals surface area contributed by atoms with Crippen molar-refractivity contribution >= 4 is 40.9 Å². The number of carboxylic acids is 1. The molecule has 1 aromatic carbocycles. The van der Waals surface area contributed by atoms with Gasteiger partial charge in [-0.3, -0.25) is 10.1 Å². The second-order valence-electron chi connectivity index (χ2n) is 7.95. The summed E-state index contributed by atoms with van der Waals surface area (Å²) in [6, 6.07) is 7.07. The van der Waals surface area contributed by atoms with Gasteiger partial charge in [0.1, 0.15) is 17.5 Å². The molecule has 5 rings (SSSR count). The van der Waals surface area contributed by atoms with Gasteiger partial charge in [-0.25, -0.2) is 14.8 Å². The maximum atomic E-state index is 12.3. The highest BCUT2D eigenvalue weighted by molar-refractivity contribution is 6.31. The molecule has 0 bridgehead atoms. The van der Waals surface area contributed by atoms with Crippen LogP contribution in [0.2, 0.25) is 5.02 Å². The van der Waals surface area contributed by atoms with Crippen LogP contribution in [0.3, 0.4) is 0 Å². The Bertz CT molecular complexity index is 1420. The number of allylic oxidation sites excluding steroid dienone is 1. The number of hydrogen-bond donors (Lipinski definition) is 2. The molecule has 1 aromatic heterocycles. The topological polar surface area (TPSA) is 136 Å². The molecular weight excluding hydrogens is 476 g/mol. The third kappa shape index (κ3) is 4.23. The number of hydrogen-bond acceptors (Lipinski definition) is 8. The molecule has 4 heterocycles. The Morgan fingerprint density at radius 1 is 1.23 bits per heavy atom. The lowest BCUT2D eigenvalue weighted by atomic mass is 9.82. The SMILES string of the molecule is CC(OC(=O)Nc1cnoc1C#CC1=NC2=NC(C3(C(=O)O)COC3)=CC2=C1)c1ccccc1Cl. The molecule has 1 saturated heterocycles. The van der Waals surface area contributed by atoms with Gasteiger partial charge in [0.2, 0.25) is 5.76 Å². The Kier molecular flexibility index (Phi) is 5.72. The molecule has 3 aliphatic rings. The summed E-state index contributed by atoms with van der Waals surface area (Å²) in [6.45, 7) is 1.86. The lowest BCUT2D eigenvalue weighted by Gasteiger charge is -2.36. The van der Waals surface area contributed by atoms with Gasteiger partial charge < -0.3 is 19.1 Å². The zero-order valence-corrected chi connectivity index (χ0v) is 19.0. The van der Waals surface area contributed by atoms with E-state index >= 15 is 0 Å². The molecule has 10 nitrogen and oxygen atoms in total. The molecule has 1 atom stereocenters. The molecule has 3 aliphatic heterocycles. The number of halogens is 1. The summed E-state index contributed by atoms with van der Waals surface area (Å²) in [4.78, 5) is 32.7. The van der Waals surface area contributed by atoms with E-state index in [1.165, 1.54) is 6.20 Å². The Morgan fingerprint density at radius 3 is 2.71 bits per heavy atom. The van der Waals surface area contributed by atoms with Crippen LogP contribution < -0.4 is 5.32 Å². The van der Waals surface area contributed by atoms with Crippen molar-refractivity contribution in [1.29, 1.82) is 0 Å². The van der Waals surface area contributed by atoms with Gasteiger partial charge >= 0.3 is 12.1 Å². The molecule has 11 heteroatoms. The average Bonchev–Trinajstić information content (AvgIpc) is 3.46. The molecule has 176 valence electrons. The Hall–Kier alpha value is -4.20. The number of aromatic nitrogens is 1.